The SMILES string of the molecule is C=C(/C=C(/c1noc([C@@H]2CCCN2C(=O)OC(C)(C)C)n1)c1ccccc1C)CCCCCCCCCCCC. The number of amides is 1. The minimum Gasteiger partial charge on any atom is -0.444 e. The fraction of sp³-hybridized carbons (Fsp3) is 0.618. The Kier molecular flexibility index (Phi) is 12.5. The standard InChI is InChI=1S/C34H51N3O3/c1-7-8-9-10-11-12-13-14-15-16-20-26(2)25-29(28-22-18-17-21-27(28)3)31-35-32(40-36-31)30-23-19-24-37(30)33(38)39-34(4,5)6/h17-18,21-22,25,30H,2,7-16,19-20,23-24H2,1,3-6H3/b29-25+/t30-/m0/s1. The topological polar surface area (TPSA) is 68.5 Å². The Hall–Kier alpha value is -2.89. The summed E-state index contributed by atoms with van der Waals surface area (Å²) in [6.45, 7) is 15.0. The molecule has 3 rings (SSSR count). The molecular weight excluding hydrogens is 498 g/mol. The van der Waals surface area contributed by atoms with E-state index in [1.54, 1.807) is 4.90 Å². The Morgan fingerprint density at radius 2 is 1.73 bits per heavy atom. The number of benzene rings is 1. The zero-order valence-corrected chi connectivity index (χ0v) is 25.6. The number of ether oxygens (including phenoxy) is 1. The van der Waals surface area contributed by atoms with Crippen molar-refractivity contribution in [3.8, 4) is 0 Å². The summed E-state index contributed by atoms with van der Waals surface area (Å²) >= 11 is 0. The van der Waals surface area contributed by atoms with Crippen molar-refractivity contribution in [2.45, 2.75) is 130 Å². The number of rotatable bonds is 15. The molecule has 0 saturated carbocycles. The van der Waals surface area contributed by atoms with Gasteiger partial charge in [-0.2, -0.15) is 4.98 Å². The Morgan fingerprint density at radius 1 is 1.07 bits per heavy atom. The number of likely N-dealkylation sites (tertiary alicyclic amines) is 1. The number of unbranched alkanes of at least 4 members (excludes halogenated alkanes) is 9. The summed E-state index contributed by atoms with van der Waals surface area (Å²) in [6, 6.07) is 7.98. The highest BCUT2D eigenvalue weighted by Crippen LogP contribution is 2.34. The molecule has 0 N–H and O–H groups in total. The van der Waals surface area contributed by atoms with E-state index in [-0.39, 0.29) is 12.1 Å². The Bertz CT molecular complexity index is 1110. The minimum atomic E-state index is -0.556. The first-order chi connectivity index (χ1) is 19.2. The fourth-order valence-electron chi connectivity index (χ4n) is 5.30. The molecule has 1 atom stereocenters. The van der Waals surface area contributed by atoms with Crippen LogP contribution in [-0.2, 0) is 4.74 Å². The van der Waals surface area contributed by atoms with Gasteiger partial charge in [-0.25, -0.2) is 4.79 Å². The molecule has 2 heterocycles. The van der Waals surface area contributed by atoms with Gasteiger partial charge in [-0.3, -0.25) is 4.90 Å². The Morgan fingerprint density at radius 3 is 2.38 bits per heavy atom. The van der Waals surface area contributed by atoms with Gasteiger partial charge < -0.3 is 9.26 Å². The van der Waals surface area contributed by atoms with Crippen molar-refractivity contribution in [3.05, 3.63) is 65.3 Å². The van der Waals surface area contributed by atoms with Crippen LogP contribution in [0.2, 0.25) is 0 Å². The highest BCUT2D eigenvalue weighted by molar-refractivity contribution is 5.79. The molecule has 1 amide bonds. The third-order valence-corrected chi connectivity index (χ3v) is 7.48. The lowest BCUT2D eigenvalue weighted by Crippen LogP contribution is -2.36. The molecule has 1 aromatic carbocycles. The lowest BCUT2D eigenvalue weighted by Gasteiger charge is -2.27. The number of aryl methyl sites for hydroxylation is 1. The maximum Gasteiger partial charge on any atom is 0.410 e. The monoisotopic (exact) mass is 549 g/mol. The molecule has 0 aliphatic carbocycles. The zero-order valence-electron chi connectivity index (χ0n) is 25.6. The van der Waals surface area contributed by atoms with E-state index in [0.717, 1.165) is 48.0 Å². The fourth-order valence-corrected chi connectivity index (χ4v) is 5.30. The van der Waals surface area contributed by atoms with Crippen molar-refractivity contribution >= 4 is 11.7 Å². The van der Waals surface area contributed by atoms with Crippen LogP contribution >= 0.6 is 0 Å². The van der Waals surface area contributed by atoms with Crippen LogP contribution in [0.1, 0.15) is 140 Å². The predicted octanol–water partition coefficient (Wildman–Crippen LogP) is 9.75. The van der Waals surface area contributed by atoms with Crippen molar-refractivity contribution < 1.29 is 14.1 Å². The number of hydrogen-bond donors (Lipinski definition) is 0. The van der Waals surface area contributed by atoms with E-state index in [1.165, 1.54) is 57.8 Å². The molecule has 1 aromatic heterocycles. The molecule has 6 heteroatoms. The molecule has 220 valence electrons. The van der Waals surface area contributed by atoms with E-state index >= 15 is 0 Å². The smallest absolute Gasteiger partial charge is 0.410 e. The van der Waals surface area contributed by atoms with Crippen molar-refractivity contribution in [3.63, 3.8) is 0 Å². The number of aromatic nitrogens is 2. The van der Waals surface area contributed by atoms with Gasteiger partial charge in [0.15, 0.2) is 0 Å². The van der Waals surface area contributed by atoms with Gasteiger partial charge in [0.2, 0.25) is 11.7 Å². The maximum absolute atomic E-state index is 12.8. The molecule has 1 aliphatic heterocycles. The minimum absolute atomic E-state index is 0.274. The molecule has 0 bridgehead atoms. The quantitative estimate of drug-likeness (QED) is 0.163. The summed E-state index contributed by atoms with van der Waals surface area (Å²) in [7, 11) is 0. The van der Waals surface area contributed by atoms with Gasteiger partial charge in [0.05, 0.1) is 0 Å². The van der Waals surface area contributed by atoms with Gasteiger partial charge in [-0.05, 0) is 70.6 Å². The third-order valence-electron chi connectivity index (χ3n) is 7.48. The van der Waals surface area contributed by atoms with E-state index in [1.807, 2.05) is 32.9 Å². The van der Waals surface area contributed by atoms with Crippen LogP contribution in [0, 0.1) is 6.92 Å². The van der Waals surface area contributed by atoms with Crippen LogP contribution in [0.5, 0.6) is 0 Å². The van der Waals surface area contributed by atoms with Gasteiger partial charge in [0.1, 0.15) is 11.6 Å². The van der Waals surface area contributed by atoms with Gasteiger partial charge in [-0.1, -0.05) is 106 Å². The van der Waals surface area contributed by atoms with E-state index < -0.39 is 5.60 Å². The Labute approximate surface area is 242 Å². The lowest BCUT2D eigenvalue weighted by molar-refractivity contribution is 0.0199. The lowest BCUT2D eigenvalue weighted by atomic mass is 9.96. The largest absolute Gasteiger partial charge is 0.444 e. The van der Waals surface area contributed by atoms with E-state index in [9.17, 15) is 4.79 Å². The summed E-state index contributed by atoms with van der Waals surface area (Å²) < 4.78 is 11.4. The van der Waals surface area contributed by atoms with Crippen LogP contribution in [0.3, 0.4) is 0 Å². The zero-order chi connectivity index (χ0) is 29.0. The summed E-state index contributed by atoms with van der Waals surface area (Å²) in [4.78, 5) is 19.3. The molecule has 1 saturated heterocycles. The normalized spacial score (nSPS) is 16.0. The number of nitrogens with zero attached hydrogens (tertiary/aromatic N) is 3. The van der Waals surface area contributed by atoms with Gasteiger partial charge in [0.25, 0.3) is 0 Å². The number of carbonyl (C=O) groups excluding carboxylic acids is 1. The molecular formula is C34H51N3O3. The molecule has 6 nitrogen and oxygen atoms in total. The van der Waals surface area contributed by atoms with Gasteiger partial charge in [-0.15, -0.1) is 0 Å². The van der Waals surface area contributed by atoms with E-state index in [4.69, 9.17) is 14.2 Å². The van der Waals surface area contributed by atoms with Crippen molar-refractivity contribution in [1.29, 1.82) is 0 Å². The summed E-state index contributed by atoms with van der Waals surface area (Å²) in [5, 5.41) is 4.38. The van der Waals surface area contributed by atoms with Crippen LogP contribution in [-0.4, -0.2) is 33.3 Å². The average Bonchev–Trinajstić information content (AvgIpc) is 3.58. The second kappa shape index (κ2) is 15.8. The highest BCUT2D eigenvalue weighted by Gasteiger charge is 2.36. The van der Waals surface area contributed by atoms with Crippen LogP contribution in [0.4, 0.5) is 4.79 Å². The van der Waals surface area contributed by atoms with Crippen LogP contribution in [0.25, 0.3) is 5.57 Å². The maximum atomic E-state index is 12.8. The number of carbonyl (C=O) groups is 1. The second-order valence-electron chi connectivity index (χ2n) is 12.3. The molecule has 1 aliphatic rings. The first kappa shape index (κ1) is 31.6. The van der Waals surface area contributed by atoms with Crippen molar-refractivity contribution in [2.24, 2.45) is 0 Å². The molecule has 0 spiro atoms. The Balaban J connectivity index is 1.65. The molecule has 2 aromatic rings. The van der Waals surface area contributed by atoms with E-state index in [2.05, 4.69) is 43.8 Å². The summed E-state index contributed by atoms with van der Waals surface area (Å²) in [5.74, 6) is 0.989. The van der Waals surface area contributed by atoms with Crippen molar-refractivity contribution in [2.75, 3.05) is 6.54 Å². The molecule has 1 fully saturated rings. The average molecular weight is 550 g/mol. The molecule has 0 radical (unpaired) electrons. The summed E-state index contributed by atoms with van der Waals surface area (Å²) in [5.41, 5.74) is 3.63. The van der Waals surface area contributed by atoms with E-state index in [0.29, 0.717) is 18.3 Å². The summed E-state index contributed by atoms with van der Waals surface area (Å²) in [6.07, 6.45) is 17.5. The van der Waals surface area contributed by atoms with Crippen molar-refractivity contribution in [1.82, 2.24) is 15.0 Å². The second-order valence-corrected chi connectivity index (χ2v) is 12.3. The van der Waals surface area contributed by atoms with Gasteiger partial charge in [0, 0.05) is 12.1 Å². The van der Waals surface area contributed by atoms with Crippen LogP contribution < -0.4 is 0 Å². The first-order valence-corrected chi connectivity index (χ1v) is 15.5. The predicted molar refractivity (Wildman–Crippen MR) is 163 cm³/mol. The number of allylic oxidation sites excluding steroid dienone is 2. The molecule has 40 heavy (non-hydrogen) atoms. The van der Waals surface area contributed by atoms with Gasteiger partial charge >= 0.3 is 6.09 Å². The van der Waals surface area contributed by atoms with Crippen LogP contribution in [0.15, 0.2) is 47.0 Å². The first-order valence-electron chi connectivity index (χ1n) is 15.5. The molecule has 0 unspecified atom stereocenters. The highest BCUT2D eigenvalue weighted by atomic mass is 16.6. The third kappa shape index (κ3) is 9.94. The number of hydrogen-bond acceptors (Lipinski definition) is 5.